The monoisotopic (exact) mass is 450 g/mol. The van der Waals surface area contributed by atoms with Gasteiger partial charge < -0.3 is 14.7 Å². The predicted molar refractivity (Wildman–Crippen MR) is 114 cm³/mol. The number of aromatic nitrogens is 2. The summed E-state index contributed by atoms with van der Waals surface area (Å²) in [5.74, 6) is 0.952. The number of sulfone groups is 1. The van der Waals surface area contributed by atoms with Crippen LogP contribution in [0.5, 0.6) is 0 Å². The first kappa shape index (κ1) is 20.8. The van der Waals surface area contributed by atoms with Crippen LogP contribution in [-0.4, -0.2) is 59.8 Å². The summed E-state index contributed by atoms with van der Waals surface area (Å²) in [6, 6.07) is 3.23. The molecule has 0 saturated carbocycles. The lowest BCUT2D eigenvalue weighted by molar-refractivity contribution is -0.122. The summed E-state index contributed by atoms with van der Waals surface area (Å²) in [5, 5.41) is 5.12. The van der Waals surface area contributed by atoms with Crippen molar-refractivity contribution in [2.45, 2.75) is 25.9 Å². The van der Waals surface area contributed by atoms with E-state index in [0.717, 1.165) is 0 Å². The van der Waals surface area contributed by atoms with Crippen LogP contribution >= 0.6 is 11.3 Å². The molecule has 3 aromatic rings. The van der Waals surface area contributed by atoms with Crippen LogP contribution < -0.4 is 10.9 Å². The van der Waals surface area contributed by atoms with E-state index in [2.05, 4.69) is 15.3 Å². The number of furan rings is 1. The van der Waals surface area contributed by atoms with E-state index < -0.39 is 9.84 Å². The first-order chi connectivity index (χ1) is 14.3. The standard InChI is InChI=1S/C19H22N4O5S2/c1-2-23(9-16(24)20-12-5-7-30(26,27)11-12)8-15-21-18(25)17-13(10-29-19(17)22-15)14-4-3-6-28-14/h3-4,6,10,12H,2,5,7-9,11H2,1H3,(H,20,24)(H,21,22,25)/t12-/m1/s1. The van der Waals surface area contributed by atoms with Gasteiger partial charge in [-0.3, -0.25) is 14.5 Å². The Kier molecular flexibility index (Phi) is 5.76. The third kappa shape index (κ3) is 4.47. The molecule has 0 spiro atoms. The Morgan fingerprint density at radius 3 is 2.97 bits per heavy atom. The SMILES string of the molecule is CCN(CC(=O)N[C@@H]1CCS(=O)(=O)C1)Cc1nc2scc(-c3ccco3)c2c(=O)[nH]1. The minimum atomic E-state index is -3.05. The Bertz CT molecular complexity index is 1210. The second-order valence-corrected chi connectivity index (χ2v) is 10.4. The molecule has 0 radical (unpaired) electrons. The molecule has 160 valence electrons. The lowest BCUT2D eigenvalue weighted by Gasteiger charge is -2.20. The van der Waals surface area contributed by atoms with Crippen molar-refractivity contribution >= 4 is 37.3 Å². The summed E-state index contributed by atoms with van der Waals surface area (Å²) in [5.41, 5.74) is 0.456. The van der Waals surface area contributed by atoms with E-state index in [-0.39, 0.29) is 35.6 Å². The van der Waals surface area contributed by atoms with Gasteiger partial charge in [-0.25, -0.2) is 13.4 Å². The molecule has 1 fully saturated rings. The van der Waals surface area contributed by atoms with Gasteiger partial charge in [0.05, 0.1) is 36.2 Å². The second-order valence-electron chi connectivity index (χ2n) is 7.29. The molecule has 0 unspecified atom stereocenters. The molecule has 11 heteroatoms. The fourth-order valence-corrected chi connectivity index (χ4v) is 6.18. The Balaban J connectivity index is 1.46. The number of carbonyl (C=O) groups is 1. The highest BCUT2D eigenvalue weighted by atomic mass is 32.2. The topological polar surface area (TPSA) is 125 Å². The number of amides is 1. The summed E-state index contributed by atoms with van der Waals surface area (Å²) in [6.07, 6.45) is 2.00. The first-order valence-electron chi connectivity index (χ1n) is 9.61. The molecule has 4 heterocycles. The zero-order valence-corrected chi connectivity index (χ0v) is 18.0. The van der Waals surface area contributed by atoms with Crippen LogP contribution in [0.1, 0.15) is 19.2 Å². The molecule has 0 aliphatic carbocycles. The largest absolute Gasteiger partial charge is 0.464 e. The molecule has 1 atom stereocenters. The zero-order valence-electron chi connectivity index (χ0n) is 16.4. The van der Waals surface area contributed by atoms with Crippen molar-refractivity contribution in [3.05, 3.63) is 40.0 Å². The molecule has 1 aliphatic rings. The minimum absolute atomic E-state index is 0.00716. The van der Waals surface area contributed by atoms with Gasteiger partial charge in [0.2, 0.25) is 5.91 Å². The maximum absolute atomic E-state index is 12.7. The van der Waals surface area contributed by atoms with Gasteiger partial charge >= 0.3 is 0 Å². The number of nitrogens with zero attached hydrogens (tertiary/aromatic N) is 2. The van der Waals surface area contributed by atoms with E-state index in [0.29, 0.717) is 46.9 Å². The number of likely N-dealkylation sites (N-methyl/N-ethyl adjacent to an activating group) is 1. The van der Waals surface area contributed by atoms with Crippen LogP contribution in [0.3, 0.4) is 0 Å². The van der Waals surface area contributed by atoms with Crippen molar-refractivity contribution in [2.24, 2.45) is 0 Å². The van der Waals surface area contributed by atoms with Crippen molar-refractivity contribution in [3.8, 4) is 11.3 Å². The number of hydrogen-bond donors (Lipinski definition) is 2. The zero-order chi connectivity index (χ0) is 21.3. The molecule has 2 N–H and O–H groups in total. The number of carbonyl (C=O) groups excluding carboxylic acids is 1. The molecular weight excluding hydrogens is 428 g/mol. The van der Waals surface area contributed by atoms with E-state index in [1.165, 1.54) is 11.3 Å². The van der Waals surface area contributed by atoms with E-state index in [9.17, 15) is 18.0 Å². The van der Waals surface area contributed by atoms with Gasteiger partial charge in [-0.2, -0.15) is 0 Å². The van der Waals surface area contributed by atoms with Crippen LogP contribution in [0.2, 0.25) is 0 Å². The number of hydrogen-bond acceptors (Lipinski definition) is 8. The number of rotatable bonds is 7. The molecule has 1 saturated heterocycles. The average Bonchev–Trinajstić information content (AvgIpc) is 3.40. The first-order valence-corrected chi connectivity index (χ1v) is 12.3. The van der Waals surface area contributed by atoms with Crippen LogP contribution in [0.15, 0.2) is 33.0 Å². The van der Waals surface area contributed by atoms with E-state index in [1.807, 2.05) is 17.2 Å². The molecule has 1 aliphatic heterocycles. The van der Waals surface area contributed by atoms with E-state index in [4.69, 9.17) is 4.42 Å². The molecule has 4 rings (SSSR count). The van der Waals surface area contributed by atoms with Crippen LogP contribution in [0.25, 0.3) is 21.5 Å². The van der Waals surface area contributed by atoms with Crippen molar-refractivity contribution in [2.75, 3.05) is 24.6 Å². The molecule has 0 bridgehead atoms. The predicted octanol–water partition coefficient (Wildman–Crippen LogP) is 1.37. The van der Waals surface area contributed by atoms with Crippen molar-refractivity contribution in [3.63, 3.8) is 0 Å². The van der Waals surface area contributed by atoms with E-state index >= 15 is 0 Å². The molecule has 9 nitrogen and oxygen atoms in total. The highest BCUT2D eigenvalue weighted by Crippen LogP contribution is 2.30. The summed E-state index contributed by atoms with van der Waals surface area (Å²) in [4.78, 5) is 34.8. The van der Waals surface area contributed by atoms with Gasteiger partial charge in [-0.15, -0.1) is 11.3 Å². The summed E-state index contributed by atoms with van der Waals surface area (Å²) < 4.78 is 28.5. The number of thiophene rings is 1. The average molecular weight is 451 g/mol. The molecular formula is C19H22N4O5S2. The van der Waals surface area contributed by atoms with Gasteiger partial charge in [-0.05, 0) is 25.1 Å². The number of H-pyrrole nitrogens is 1. The fraction of sp³-hybridized carbons (Fsp3) is 0.421. The normalized spacial score (nSPS) is 18.3. The van der Waals surface area contributed by atoms with Gasteiger partial charge in [0.1, 0.15) is 16.4 Å². The molecule has 1 amide bonds. The lowest BCUT2D eigenvalue weighted by atomic mass is 10.2. The Labute approximate surface area is 177 Å². The maximum Gasteiger partial charge on any atom is 0.260 e. The van der Waals surface area contributed by atoms with Crippen molar-refractivity contribution < 1.29 is 17.6 Å². The van der Waals surface area contributed by atoms with E-state index in [1.54, 1.807) is 18.4 Å². The Hall–Kier alpha value is -2.50. The highest BCUT2D eigenvalue weighted by Gasteiger charge is 2.29. The van der Waals surface area contributed by atoms with Crippen LogP contribution in [-0.2, 0) is 21.2 Å². The quantitative estimate of drug-likeness (QED) is 0.557. The van der Waals surface area contributed by atoms with Crippen molar-refractivity contribution in [1.29, 1.82) is 0 Å². The second kappa shape index (κ2) is 8.32. The third-order valence-electron chi connectivity index (χ3n) is 5.06. The fourth-order valence-electron chi connectivity index (χ4n) is 3.56. The minimum Gasteiger partial charge on any atom is -0.464 e. The van der Waals surface area contributed by atoms with Crippen LogP contribution in [0, 0.1) is 0 Å². The molecule has 3 aromatic heterocycles. The molecule has 30 heavy (non-hydrogen) atoms. The Morgan fingerprint density at radius 2 is 2.30 bits per heavy atom. The summed E-state index contributed by atoms with van der Waals surface area (Å²) >= 11 is 1.36. The number of aromatic amines is 1. The number of fused-ring (bicyclic) bond motifs is 1. The number of nitrogens with one attached hydrogen (secondary N) is 2. The lowest BCUT2D eigenvalue weighted by Crippen LogP contribution is -2.42. The summed E-state index contributed by atoms with van der Waals surface area (Å²) in [6.45, 7) is 2.87. The van der Waals surface area contributed by atoms with Crippen molar-refractivity contribution in [1.82, 2.24) is 20.2 Å². The molecule has 0 aromatic carbocycles. The summed E-state index contributed by atoms with van der Waals surface area (Å²) in [7, 11) is -3.05. The van der Waals surface area contributed by atoms with Gasteiger partial charge in [0, 0.05) is 17.0 Å². The van der Waals surface area contributed by atoms with Gasteiger partial charge in [-0.1, -0.05) is 6.92 Å². The van der Waals surface area contributed by atoms with Gasteiger partial charge in [0.15, 0.2) is 9.84 Å². The third-order valence-corrected chi connectivity index (χ3v) is 7.71. The highest BCUT2D eigenvalue weighted by molar-refractivity contribution is 7.91. The van der Waals surface area contributed by atoms with Gasteiger partial charge in [0.25, 0.3) is 5.56 Å². The van der Waals surface area contributed by atoms with Crippen LogP contribution in [0.4, 0.5) is 0 Å². The Morgan fingerprint density at radius 1 is 1.47 bits per heavy atom. The maximum atomic E-state index is 12.7. The smallest absolute Gasteiger partial charge is 0.260 e.